The van der Waals surface area contributed by atoms with E-state index in [1.54, 1.807) is 0 Å². The fourth-order valence-corrected chi connectivity index (χ4v) is 2.72. The van der Waals surface area contributed by atoms with Gasteiger partial charge in [-0.05, 0) is 49.8 Å². The minimum Gasteiger partial charge on any atom is -0.494 e. The third kappa shape index (κ3) is 4.74. The zero-order valence-electron chi connectivity index (χ0n) is 12.7. The van der Waals surface area contributed by atoms with E-state index in [1.165, 1.54) is 0 Å². The van der Waals surface area contributed by atoms with E-state index < -0.39 is 6.10 Å². The predicted molar refractivity (Wildman–Crippen MR) is 82.3 cm³/mol. The van der Waals surface area contributed by atoms with Crippen molar-refractivity contribution >= 4 is 5.91 Å². The molecule has 0 heterocycles. The number of carbonyl (C=O) groups excluding carboxylic acids is 1. The van der Waals surface area contributed by atoms with Crippen LogP contribution in [0.1, 0.15) is 38.2 Å². The van der Waals surface area contributed by atoms with Crippen molar-refractivity contribution in [3.8, 4) is 5.75 Å². The lowest BCUT2D eigenvalue weighted by molar-refractivity contribution is -0.127. The van der Waals surface area contributed by atoms with Crippen LogP contribution in [0.5, 0.6) is 5.75 Å². The lowest BCUT2D eigenvalue weighted by Crippen LogP contribution is -2.35. The molecule has 1 amide bonds. The van der Waals surface area contributed by atoms with Crippen LogP contribution in [0.25, 0.3) is 0 Å². The lowest BCUT2D eigenvalue weighted by atomic mass is 10.1. The summed E-state index contributed by atoms with van der Waals surface area (Å²) in [5, 5.41) is 12.6. The summed E-state index contributed by atoms with van der Waals surface area (Å²) >= 11 is 0. The Bertz CT molecular complexity index is 461. The summed E-state index contributed by atoms with van der Waals surface area (Å²) < 4.78 is 5.60. The Balaban J connectivity index is 1.76. The monoisotopic (exact) mass is 291 g/mol. The average Bonchev–Trinajstić information content (AvgIpc) is 2.92. The van der Waals surface area contributed by atoms with E-state index >= 15 is 0 Å². The van der Waals surface area contributed by atoms with E-state index in [1.807, 2.05) is 24.3 Å². The van der Waals surface area contributed by atoms with Gasteiger partial charge in [0, 0.05) is 6.54 Å². The zero-order valence-corrected chi connectivity index (χ0v) is 12.7. The average molecular weight is 291 g/mol. The van der Waals surface area contributed by atoms with Gasteiger partial charge in [0.2, 0.25) is 5.91 Å². The van der Waals surface area contributed by atoms with Gasteiger partial charge in [-0.1, -0.05) is 19.1 Å². The summed E-state index contributed by atoms with van der Waals surface area (Å²) in [5.41, 5.74) is 1.15. The Labute approximate surface area is 126 Å². The van der Waals surface area contributed by atoms with Crippen LogP contribution in [0.2, 0.25) is 0 Å². The number of ether oxygens (including phenoxy) is 1. The molecule has 116 valence electrons. The van der Waals surface area contributed by atoms with Crippen molar-refractivity contribution in [1.82, 2.24) is 5.32 Å². The molecule has 21 heavy (non-hydrogen) atoms. The van der Waals surface area contributed by atoms with Gasteiger partial charge in [0.1, 0.15) is 5.75 Å². The normalized spacial score (nSPS) is 21.2. The minimum absolute atomic E-state index is 0.0154. The molecule has 1 aromatic rings. The summed E-state index contributed by atoms with van der Waals surface area (Å²) in [6.45, 7) is 3.40. The molecule has 2 N–H and O–H groups in total. The van der Waals surface area contributed by atoms with Gasteiger partial charge in [-0.2, -0.15) is 0 Å². The molecule has 2 unspecified atom stereocenters. The fourth-order valence-electron chi connectivity index (χ4n) is 2.72. The Morgan fingerprint density at radius 1 is 1.43 bits per heavy atom. The van der Waals surface area contributed by atoms with E-state index in [0.29, 0.717) is 6.54 Å². The molecular formula is C17H25NO3. The van der Waals surface area contributed by atoms with Crippen LogP contribution < -0.4 is 10.1 Å². The quantitative estimate of drug-likeness (QED) is 0.810. The second-order valence-electron chi connectivity index (χ2n) is 5.64. The molecule has 1 aliphatic rings. The van der Waals surface area contributed by atoms with Gasteiger partial charge >= 0.3 is 0 Å². The van der Waals surface area contributed by atoms with Crippen molar-refractivity contribution in [3.63, 3.8) is 0 Å². The van der Waals surface area contributed by atoms with Gasteiger partial charge in [-0.25, -0.2) is 0 Å². The van der Waals surface area contributed by atoms with E-state index in [0.717, 1.165) is 50.0 Å². The molecule has 1 fully saturated rings. The van der Waals surface area contributed by atoms with Crippen LogP contribution >= 0.6 is 0 Å². The second kappa shape index (κ2) is 8.03. The van der Waals surface area contributed by atoms with E-state index in [2.05, 4.69) is 12.2 Å². The Morgan fingerprint density at radius 3 is 3.00 bits per heavy atom. The molecular weight excluding hydrogens is 266 g/mol. The molecule has 1 saturated carbocycles. The SMILES string of the molecule is CCCOc1cccc(CCNC(=O)C2CCCC2O)c1. The topological polar surface area (TPSA) is 58.6 Å². The third-order valence-electron chi connectivity index (χ3n) is 3.90. The first-order chi connectivity index (χ1) is 10.2. The minimum atomic E-state index is -0.462. The van der Waals surface area contributed by atoms with Gasteiger partial charge in [-0.15, -0.1) is 0 Å². The summed E-state index contributed by atoms with van der Waals surface area (Å²) in [5.74, 6) is 0.648. The van der Waals surface area contributed by atoms with Gasteiger partial charge < -0.3 is 15.2 Å². The van der Waals surface area contributed by atoms with Crippen molar-refractivity contribution in [2.75, 3.05) is 13.2 Å². The predicted octanol–water partition coefficient (Wildman–Crippen LogP) is 2.30. The van der Waals surface area contributed by atoms with E-state index in [9.17, 15) is 9.90 Å². The third-order valence-corrected chi connectivity index (χ3v) is 3.90. The largest absolute Gasteiger partial charge is 0.494 e. The molecule has 2 rings (SSSR count). The molecule has 0 radical (unpaired) electrons. The maximum Gasteiger partial charge on any atom is 0.225 e. The van der Waals surface area contributed by atoms with E-state index in [4.69, 9.17) is 4.74 Å². The van der Waals surface area contributed by atoms with Gasteiger partial charge in [0.25, 0.3) is 0 Å². The molecule has 0 spiro atoms. The smallest absolute Gasteiger partial charge is 0.225 e. The number of rotatable bonds is 7. The highest BCUT2D eigenvalue weighted by atomic mass is 16.5. The summed E-state index contributed by atoms with van der Waals surface area (Å²) in [6.07, 6.45) is 3.79. The molecule has 1 aromatic carbocycles. The maximum absolute atomic E-state index is 12.0. The molecule has 0 aliphatic heterocycles. The lowest BCUT2D eigenvalue weighted by Gasteiger charge is -2.14. The van der Waals surface area contributed by atoms with Gasteiger partial charge in [-0.3, -0.25) is 4.79 Å². The number of nitrogens with one attached hydrogen (secondary N) is 1. The van der Waals surface area contributed by atoms with Gasteiger partial charge in [0.05, 0.1) is 18.6 Å². The van der Waals surface area contributed by atoms with Crippen LogP contribution in [0, 0.1) is 5.92 Å². The van der Waals surface area contributed by atoms with Crippen molar-refractivity contribution in [2.45, 2.75) is 45.1 Å². The summed E-state index contributed by atoms with van der Waals surface area (Å²) in [4.78, 5) is 12.0. The van der Waals surface area contributed by atoms with Crippen molar-refractivity contribution in [1.29, 1.82) is 0 Å². The highest BCUT2D eigenvalue weighted by Gasteiger charge is 2.30. The first-order valence-electron chi connectivity index (χ1n) is 7.88. The number of carbonyl (C=O) groups is 1. The molecule has 0 bridgehead atoms. The van der Waals surface area contributed by atoms with Crippen LogP contribution in [0.15, 0.2) is 24.3 Å². The number of amides is 1. The van der Waals surface area contributed by atoms with Crippen LogP contribution in [-0.2, 0) is 11.2 Å². The highest BCUT2D eigenvalue weighted by molar-refractivity contribution is 5.79. The first kappa shape index (κ1) is 15.8. The van der Waals surface area contributed by atoms with Crippen LogP contribution in [-0.4, -0.2) is 30.3 Å². The standard InChI is InChI=1S/C17H25NO3/c1-2-11-21-14-6-3-5-13(12-14)9-10-18-17(20)15-7-4-8-16(15)19/h3,5-6,12,15-16,19H,2,4,7-11H2,1H3,(H,18,20). The van der Waals surface area contributed by atoms with Crippen molar-refractivity contribution < 1.29 is 14.6 Å². The number of aliphatic hydroxyl groups excluding tert-OH is 1. The zero-order chi connectivity index (χ0) is 15.1. The molecule has 4 nitrogen and oxygen atoms in total. The molecule has 2 atom stereocenters. The van der Waals surface area contributed by atoms with Crippen molar-refractivity contribution in [3.05, 3.63) is 29.8 Å². The number of hydrogen-bond donors (Lipinski definition) is 2. The molecule has 0 saturated heterocycles. The number of hydrogen-bond acceptors (Lipinski definition) is 3. The number of benzene rings is 1. The second-order valence-corrected chi connectivity index (χ2v) is 5.64. The first-order valence-corrected chi connectivity index (χ1v) is 7.88. The maximum atomic E-state index is 12.0. The molecule has 0 aromatic heterocycles. The Morgan fingerprint density at radius 2 is 2.29 bits per heavy atom. The Hall–Kier alpha value is -1.55. The van der Waals surface area contributed by atoms with E-state index in [-0.39, 0.29) is 11.8 Å². The van der Waals surface area contributed by atoms with Crippen molar-refractivity contribution in [2.24, 2.45) is 5.92 Å². The Kier molecular flexibility index (Phi) is 6.05. The molecule has 1 aliphatic carbocycles. The van der Waals surface area contributed by atoms with Gasteiger partial charge in [0.15, 0.2) is 0 Å². The summed E-state index contributed by atoms with van der Waals surface area (Å²) in [6, 6.07) is 7.98. The number of aliphatic hydroxyl groups is 1. The highest BCUT2D eigenvalue weighted by Crippen LogP contribution is 2.25. The fraction of sp³-hybridized carbons (Fsp3) is 0.588. The van der Waals surface area contributed by atoms with Crippen LogP contribution in [0.4, 0.5) is 0 Å². The summed E-state index contributed by atoms with van der Waals surface area (Å²) in [7, 11) is 0. The van der Waals surface area contributed by atoms with Crippen LogP contribution in [0.3, 0.4) is 0 Å². The molecule has 4 heteroatoms.